The minimum atomic E-state index is -0.887. The number of hydrogen-bond donors (Lipinski definition) is 0. The van der Waals surface area contributed by atoms with Gasteiger partial charge in [-0.1, -0.05) is 0 Å². The third-order valence-corrected chi connectivity index (χ3v) is 8.68. The van der Waals surface area contributed by atoms with Crippen LogP contribution >= 0.6 is 0 Å². The van der Waals surface area contributed by atoms with Gasteiger partial charge in [0.1, 0.15) is 12.1 Å². The summed E-state index contributed by atoms with van der Waals surface area (Å²) < 4.78 is 34.5. The normalized spacial score (nSPS) is 29.8. The Kier molecular flexibility index (Phi) is 4.49. The molecule has 1 spiro atoms. The van der Waals surface area contributed by atoms with Crippen LogP contribution in [0, 0.1) is 28.9 Å². The number of ether oxygens (including phenoxy) is 1. The molecule has 5 fully saturated rings. The van der Waals surface area contributed by atoms with E-state index in [1.807, 2.05) is 20.8 Å². The van der Waals surface area contributed by atoms with Gasteiger partial charge in [-0.2, -0.15) is 5.10 Å². The summed E-state index contributed by atoms with van der Waals surface area (Å²) in [6.07, 6.45) is 8.18. The lowest BCUT2D eigenvalue weighted by atomic mass is 9.61. The maximum absolute atomic E-state index is 13.5. The van der Waals surface area contributed by atoms with Crippen molar-refractivity contribution in [2.24, 2.45) is 17.3 Å². The first-order valence-electron chi connectivity index (χ1n) is 12.5. The topological polar surface area (TPSA) is 63.5 Å². The second-order valence-electron chi connectivity index (χ2n) is 11.3. The first-order chi connectivity index (χ1) is 16.4. The first kappa shape index (κ1) is 20.6. The number of aromatic nitrogens is 3. The molecule has 0 bridgehead atoms. The van der Waals surface area contributed by atoms with Gasteiger partial charge in [-0.05, 0) is 62.5 Å². The summed E-state index contributed by atoms with van der Waals surface area (Å²) in [4.78, 5) is 21.6. The number of nitrogens with zero attached hydrogens (tertiary/aromatic N) is 5. The molecule has 1 unspecified atom stereocenters. The van der Waals surface area contributed by atoms with Crippen molar-refractivity contribution in [2.45, 2.75) is 56.6 Å². The molecule has 1 aromatic heterocycles. The highest BCUT2D eigenvalue weighted by molar-refractivity contribution is 5.76. The highest BCUT2D eigenvalue weighted by Crippen LogP contribution is 2.54. The smallest absolute Gasteiger partial charge is 0.320 e. The fourth-order valence-corrected chi connectivity index (χ4v) is 6.72. The second-order valence-corrected chi connectivity index (χ2v) is 11.3. The summed E-state index contributed by atoms with van der Waals surface area (Å²) in [6.45, 7) is 3.22. The number of fused-ring (bicyclic) bond motifs is 1. The van der Waals surface area contributed by atoms with Crippen molar-refractivity contribution in [3.05, 3.63) is 42.0 Å². The van der Waals surface area contributed by atoms with E-state index in [1.54, 1.807) is 0 Å². The van der Waals surface area contributed by atoms with E-state index < -0.39 is 11.6 Å². The largest absolute Gasteiger partial charge is 0.490 e. The van der Waals surface area contributed by atoms with Crippen LogP contribution in [0.4, 0.5) is 13.6 Å². The maximum atomic E-state index is 13.5. The quantitative estimate of drug-likeness (QED) is 0.680. The lowest BCUT2D eigenvalue weighted by molar-refractivity contribution is -0.0735. The van der Waals surface area contributed by atoms with Gasteiger partial charge >= 0.3 is 6.03 Å². The van der Waals surface area contributed by atoms with E-state index in [0.717, 1.165) is 69.8 Å². The molecular formula is C25H29F2N5O2. The molecule has 0 N–H and O–H groups in total. The van der Waals surface area contributed by atoms with Crippen molar-refractivity contribution in [2.75, 3.05) is 26.2 Å². The average Bonchev–Trinajstić information content (AvgIpc) is 3.17. The van der Waals surface area contributed by atoms with E-state index in [1.165, 1.54) is 18.9 Å². The van der Waals surface area contributed by atoms with Crippen LogP contribution in [0.15, 0.2) is 24.5 Å². The van der Waals surface area contributed by atoms with Crippen LogP contribution in [0.2, 0.25) is 0 Å². The maximum Gasteiger partial charge on any atom is 0.320 e. The summed E-state index contributed by atoms with van der Waals surface area (Å²) >= 11 is 0. The Morgan fingerprint density at radius 2 is 1.76 bits per heavy atom. The van der Waals surface area contributed by atoms with Gasteiger partial charge in [-0.15, -0.1) is 0 Å². The van der Waals surface area contributed by atoms with Crippen LogP contribution in [0.1, 0.15) is 56.3 Å². The van der Waals surface area contributed by atoms with Gasteiger partial charge in [0, 0.05) is 43.6 Å². The van der Waals surface area contributed by atoms with Crippen molar-refractivity contribution >= 4 is 6.03 Å². The monoisotopic (exact) mass is 469 g/mol. The molecule has 3 atom stereocenters. The highest BCUT2D eigenvalue weighted by atomic mass is 19.2. The lowest BCUT2D eigenvalue weighted by Gasteiger charge is -2.59. The number of amides is 2. The Labute approximate surface area is 197 Å². The Morgan fingerprint density at radius 3 is 2.44 bits per heavy atom. The Morgan fingerprint density at radius 1 is 1.03 bits per heavy atom. The van der Waals surface area contributed by atoms with Crippen LogP contribution in [-0.4, -0.2) is 62.9 Å². The molecule has 3 aliphatic carbocycles. The fourth-order valence-electron chi connectivity index (χ4n) is 6.72. The van der Waals surface area contributed by atoms with E-state index in [2.05, 4.69) is 10.1 Å². The van der Waals surface area contributed by atoms with Gasteiger partial charge in [0.05, 0.1) is 12.1 Å². The van der Waals surface area contributed by atoms with Crippen molar-refractivity contribution < 1.29 is 18.3 Å². The number of hydrogen-bond acceptors (Lipinski definition) is 4. The molecule has 7 nitrogen and oxygen atoms in total. The second kappa shape index (κ2) is 7.39. The van der Waals surface area contributed by atoms with E-state index in [9.17, 15) is 13.6 Å². The number of benzene rings is 1. The zero-order valence-electron chi connectivity index (χ0n) is 19.1. The standard InChI is InChI=1S/C25H29F2N5O2/c26-21-4-3-19(7-22(21)27)34-20-5-16-10-30(11-17(16)6-20)24(33)31-12-25(13-31)8-18(9-25)32-14-28-23(29-32)15-1-2-15/h3-4,7,14-18,20H,1-2,5-6,8-13H2/t16-,17+,20?. The van der Waals surface area contributed by atoms with Gasteiger partial charge in [0.25, 0.3) is 0 Å². The van der Waals surface area contributed by atoms with Crippen molar-refractivity contribution in [1.82, 2.24) is 24.6 Å². The van der Waals surface area contributed by atoms with Crippen LogP contribution < -0.4 is 4.74 Å². The van der Waals surface area contributed by atoms with E-state index >= 15 is 0 Å². The molecule has 2 aromatic rings. The van der Waals surface area contributed by atoms with Crippen molar-refractivity contribution in [3.8, 4) is 5.75 Å². The Hall–Kier alpha value is -2.71. The molecule has 2 aliphatic heterocycles. The minimum absolute atomic E-state index is 0.00600. The Bertz CT molecular complexity index is 1110. The molecular weight excluding hydrogens is 440 g/mol. The SMILES string of the molecule is O=C(N1C[C@H]2CC(Oc3ccc(F)c(F)c3)C[C@H]2C1)N1CC2(CC(n3cnc(C4CC4)n3)C2)C1. The summed E-state index contributed by atoms with van der Waals surface area (Å²) in [7, 11) is 0. The van der Waals surface area contributed by atoms with E-state index in [4.69, 9.17) is 4.74 Å². The lowest BCUT2D eigenvalue weighted by Crippen LogP contribution is -2.65. The van der Waals surface area contributed by atoms with Crippen molar-refractivity contribution in [1.29, 1.82) is 0 Å². The summed E-state index contributed by atoms with van der Waals surface area (Å²) in [6, 6.07) is 4.27. The molecule has 34 heavy (non-hydrogen) atoms. The molecule has 3 heterocycles. The summed E-state index contributed by atoms with van der Waals surface area (Å²) in [5, 5.41) is 4.68. The predicted molar refractivity (Wildman–Crippen MR) is 118 cm³/mol. The van der Waals surface area contributed by atoms with Crippen LogP contribution in [0.5, 0.6) is 5.75 Å². The molecule has 5 aliphatic rings. The molecule has 180 valence electrons. The fraction of sp³-hybridized carbons (Fsp3) is 0.640. The van der Waals surface area contributed by atoms with Crippen LogP contribution in [0.3, 0.4) is 0 Å². The number of likely N-dealkylation sites (tertiary alicyclic amines) is 2. The van der Waals surface area contributed by atoms with Gasteiger partial charge in [-0.3, -0.25) is 0 Å². The van der Waals surface area contributed by atoms with Crippen LogP contribution in [-0.2, 0) is 0 Å². The Balaban J connectivity index is 0.881. The van der Waals surface area contributed by atoms with Crippen molar-refractivity contribution in [3.63, 3.8) is 0 Å². The van der Waals surface area contributed by atoms with E-state index in [-0.39, 0.29) is 17.6 Å². The number of carbonyl (C=O) groups excluding carboxylic acids is 1. The van der Waals surface area contributed by atoms with Gasteiger partial charge in [-0.25, -0.2) is 23.2 Å². The van der Waals surface area contributed by atoms with Gasteiger partial charge in [0.15, 0.2) is 17.5 Å². The summed E-state index contributed by atoms with van der Waals surface area (Å²) in [5.74, 6) is 1.03. The third-order valence-electron chi connectivity index (χ3n) is 8.68. The number of carbonyl (C=O) groups is 1. The molecule has 3 saturated carbocycles. The number of urea groups is 1. The van der Waals surface area contributed by atoms with E-state index in [0.29, 0.717) is 29.5 Å². The zero-order valence-corrected chi connectivity index (χ0v) is 19.1. The predicted octanol–water partition coefficient (Wildman–Crippen LogP) is 3.98. The number of rotatable bonds is 4. The molecule has 0 radical (unpaired) electrons. The van der Waals surface area contributed by atoms with Gasteiger partial charge < -0.3 is 14.5 Å². The first-order valence-corrected chi connectivity index (χ1v) is 12.5. The number of halogens is 2. The molecule has 1 aromatic carbocycles. The molecule has 2 amide bonds. The average molecular weight is 470 g/mol. The molecule has 2 saturated heterocycles. The highest BCUT2D eigenvalue weighted by Gasteiger charge is 2.56. The zero-order chi connectivity index (χ0) is 23.0. The molecule has 7 rings (SSSR count). The minimum Gasteiger partial charge on any atom is -0.490 e. The third kappa shape index (κ3) is 3.46. The van der Waals surface area contributed by atoms with Gasteiger partial charge in [0.2, 0.25) is 0 Å². The van der Waals surface area contributed by atoms with Crippen LogP contribution in [0.25, 0.3) is 0 Å². The molecule has 9 heteroatoms. The summed E-state index contributed by atoms with van der Waals surface area (Å²) in [5.41, 5.74) is 0.269.